The Balaban J connectivity index is 1.30. The Hall–Kier alpha value is -2.14. The summed E-state index contributed by atoms with van der Waals surface area (Å²) < 4.78 is 5.79. The van der Waals surface area contributed by atoms with E-state index in [0.717, 1.165) is 50.4 Å². The molecule has 33 heavy (non-hydrogen) atoms. The van der Waals surface area contributed by atoms with Crippen molar-refractivity contribution < 1.29 is 9.21 Å². The Labute approximate surface area is 197 Å². The van der Waals surface area contributed by atoms with Crippen LogP contribution >= 0.6 is 0 Å². The molecule has 2 heterocycles. The van der Waals surface area contributed by atoms with Crippen molar-refractivity contribution in [1.29, 1.82) is 0 Å². The van der Waals surface area contributed by atoms with Crippen LogP contribution in [0.1, 0.15) is 76.7 Å². The van der Waals surface area contributed by atoms with Crippen molar-refractivity contribution in [1.82, 2.24) is 9.80 Å². The van der Waals surface area contributed by atoms with E-state index in [9.17, 15) is 9.59 Å². The lowest BCUT2D eigenvalue weighted by molar-refractivity contribution is -0.141. The SMILES string of the molecule is C[C@H](CC1CCCCC1)C(=O)N1CCN(Cc2coc3ccccc3c2=O)C2(CCCC2)C1. The smallest absolute Gasteiger partial charge is 0.225 e. The van der Waals surface area contributed by atoms with E-state index >= 15 is 0 Å². The van der Waals surface area contributed by atoms with E-state index in [1.165, 1.54) is 44.9 Å². The van der Waals surface area contributed by atoms with Crippen LogP contribution in [0.25, 0.3) is 11.0 Å². The second-order valence-electron chi connectivity index (χ2n) is 10.8. The number of nitrogens with zero attached hydrogens (tertiary/aromatic N) is 2. The Morgan fingerprint density at radius 2 is 1.85 bits per heavy atom. The lowest BCUT2D eigenvalue weighted by Crippen LogP contribution is -2.62. The number of rotatable bonds is 5. The lowest BCUT2D eigenvalue weighted by Gasteiger charge is -2.49. The van der Waals surface area contributed by atoms with E-state index < -0.39 is 0 Å². The summed E-state index contributed by atoms with van der Waals surface area (Å²) in [6, 6.07) is 7.47. The van der Waals surface area contributed by atoms with Crippen molar-refractivity contribution in [2.45, 2.75) is 83.2 Å². The maximum Gasteiger partial charge on any atom is 0.225 e. The molecule has 178 valence electrons. The van der Waals surface area contributed by atoms with Gasteiger partial charge in [0.25, 0.3) is 0 Å². The molecule has 1 aromatic carbocycles. The minimum Gasteiger partial charge on any atom is -0.464 e. The number of para-hydroxylation sites is 1. The van der Waals surface area contributed by atoms with Crippen LogP contribution in [-0.2, 0) is 11.3 Å². The molecular weight excluding hydrogens is 412 g/mol. The summed E-state index contributed by atoms with van der Waals surface area (Å²) in [5.41, 5.74) is 1.44. The average Bonchev–Trinajstić information content (AvgIpc) is 3.31. The van der Waals surface area contributed by atoms with Gasteiger partial charge >= 0.3 is 0 Å². The molecule has 0 N–H and O–H groups in total. The highest BCUT2D eigenvalue weighted by molar-refractivity contribution is 5.79. The van der Waals surface area contributed by atoms with Crippen LogP contribution in [0.15, 0.2) is 39.7 Å². The first-order valence-electron chi connectivity index (χ1n) is 13.1. The van der Waals surface area contributed by atoms with Gasteiger partial charge in [-0.05, 0) is 37.3 Å². The van der Waals surface area contributed by atoms with Gasteiger partial charge < -0.3 is 9.32 Å². The Morgan fingerprint density at radius 3 is 2.64 bits per heavy atom. The van der Waals surface area contributed by atoms with E-state index in [1.54, 1.807) is 6.26 Å². The molecule has 1 amide bonds. The lowest BCUT2D eigenvalue weighted by atomic mass is 9.82. The van der Waals surface area contributed by atoms with Crippen molar-refractivity contribution in [3.05, 3.63) is 46.3 Å². The van der Waals surface area contributed by atoms with Crippen LogP contribution < -0.4 is 5.43 Å². The van der Waals surface area contributed by atoms with Gasteiger partial charge in [-0.25, -0.2) is 0 Å². The van der Waals surface area contributed by atoms with Crippen molar-refractivity contribution in [3.8, 4) is 0 Å². The maximum absolute atomic E-state index is 13.4. The first-order valence-corrected chi connectivity index (χ1v) is 13.1. The first kappa shape index (κ1) is 22.6. The summed E-state index contributed by atoms with van der Waals surface area (Å²) in [6.45, 7) is 5.14. The number of carbonyl (C=O) groups excluding carboxylic acids is 1. The fourth-order valence-corrected chi connectivity index (χ4v) is 6.72. The van der Waals surface area contributed by atoms with Gasteiger partial charge in [0.05, 0.1) is 11.6 Å². The zero-order chi connectivity index (χ0) is 22.8. The van der Waals surface area contributed by atoms with Gasteiger partial charge in [0.1, 0.15) is 5.58 Å². The maximum atomic E-state index is 13.4. The highest BCUT2D eigenvalue weighted by Gasteiger charge is 2.45. The molecule has 2 aromatic rings. The molecule has 2 saturated carbocycles. The van der Waals surface area contributed by atoms with Gasteiger partial charge in [0.2, 0.25) is 5.91 Å². The molecule has 2 aliphatic carbocycles. The van der Waals surface area contributed by atoms with Gasteiger partial charge in [0.15, 0.2) is 5.43 Å². The van der Waals surface area contributed by atoms with E-state index in [1.807, 2.05) is 24.3 Å². The number of benzene rings is 1. The molecule has 1 spiro atoms. The zero-order valence-corrected chi connectivity index (χ0v) is 20.1. The monoisotopic (exact) mass is 450 g/mol. The van der Waals surface area contributed by atoms with Crippen molar-refractivity contribution >= 4 is 16.9 Å². The van der Waals surface area contributed by atoms with Crippen molar-refractivity contribution in [2.75, 3.05) is 19.6 Å². The van der Waals surface area contributed by atoms with Crippen molar-refractivity contribution in [3.63, 3.8) is 0 Å². The molecule has 5 rings (SSSR count). The Morgan fingerprint density at radius 1 is 1.09 bits per heavy atom. The molecule has 1 atom stereocenters. The number of piperazine rings is 1. The van der Waals surface area contributed by atoms with E-state index in [-0.39, 0.29) is 16.9 Å². The number of carbonyl (C=O) groups is 1. The molecule has 5 heteroatoms. The van der Waals surface area contributed by atoms with Gasteiger partial charge in [0, 0.05) is 43.2 Å². The molecule has 0 unspecified atom stereocenters. The second kappa shape index (κ2) is 9.61. The minimum atomic E-state index is -0.00342. The number of fused-ring (bicyclic) bond motifs is 1. The van der Waals surface area contributed by atoms with Gasteiger partial charge in [-0.15, -0.1) is 0 Å². The van der Waals surface area contributed by atoms with Crippen LogP contribution in [0.4, 0.5) is 0 Å². The van der Waals surface area contributed by atoms with E-state index in [4.69, 9.17) is 4.42 Å². The number of hydrogen-bond donors (Lipinski definition) is 0. The highest BCUT2D eigenvalue weighted by Crippen LogP contribution is 2.39. The molecule has 1 aliphatic heterocycles. The molecule has 5 nitrogen and oxygen atoms in total. The third kappa shape index (κ3) is 4.62. The highest BCUT2D eigenvalue weighted by atomic mass is 16.3. The molecule has 1 aromatic heterocycles. The minimum absolute atomic E-state index is 0.00342. The summed E-state index contributed by atoms with van der Waals surface area (Å²) in [6.07, 6.45) is 13.9. The average molecular weight is 451 g/mol. The molecule has 3 fully saturated rings. The van der Waals surface area contributed by atoms with Crippen molar-refractivity contribution in [2.24, 2.45) is 11.8 Å². The van der Waals surface area contributed by atoms with E-state index in [0.29, 0.717) is 23.4 Å². The fourth-order valence-electron chi connectivity index (χ4n) is 6.72. The molecule has 0 bridgehead atoms. The van der Waals surface area contributed by atoms with Crippen LogP contribution in [0, 0.1) is 11.8 Å². The predicted octanol–water partition coefficient (Wildman–Crippen LogP) is 5.36. The third-order valence-electron chi connectivity index (χ3n) is 8.59. The molecule has 0 radical (unpaired) electrons. The predicted molar refractivity (Wildman–Crippen MR) is 131 cm³/mol. The van der Waals surface area contributed by atoms with Crippen LogP contribution in [0.3, 0.4) is 0 Å². The fraction of sp³-hybridized carbons (Fsp3) is 0.643. The number of amides is 1. The summed E-state index contributed by atoms with van der Waals surface area (Å²) in [4.78, 5) is 31.2. The standard InChI is InChI=1S/C28H38N2O3/c1-21(17-22-9-3-2-4-10-22)27(32)29-15-16-30(28(20-29)13-7-8-14-28)18-23-19-33-25-12-6-5-11-24(25)26(23)31/h5-6,11-12,19,21-22H,2-4,7-10,13-18,20H2,1H3/t21-/m1/s1. The first-order chi connectivity index (χ1) is 16.1. The quantitative estimate of drug-likeness (QED) is 0.616. The molecule has 1 saturated heterocycles. The van der Waals surface area contributed by atoms with Gasteiger partial charge in [-0.2, -0.15) is 0 Å². The number of hydrogen-bond acceptors (Lipinski definition) is 4. The summed E-state index contributed by atoms with van der Waals surface area (Å²) in [5, 5.41) is 0.654. The van der Waals surface area contributed by atoms with Crippen LogP contribution in [0.5, 0.6) is 0 Å². The zero-order valence-electron chi connectivity index (χ0n) is 20.1. The summed E-state index contributed by atoms with van der Waals surface area (Å²) >= 11 is 0. The summed E-state index contributed by atoms with van der Waals surface area (Å²) in [7, 11) is 0. The Bertz CT molecular complexity index is 1030. The van der Waals surface area contributed by atoms with Crippen LogP contribution in [0.2, 0.25) is 0 Å². The van der Waals surface area contributed by atoms with Gasteiger partial charge in [-0.3, -0.25) is 14.5 Å². The van der Waals surface area contributed by atoms with E-state index in [2.05, 4.69) is 16.7 Å². The third-order valence-corrected chi connectivity index (χ3v) is 8.59. The molecule has 3 aliphatic rings. The van der Waals surface area contributed by atoms with Crippen LogP contribution in [-0.4, -0.2) is 40.9 Å². The molecular formula is C28H38N2O3. The Kier molecular flexibility index (Phi) is 6.60. The normalized spacial score (nSPS) is 22.8. The van der Waals surface area contributed by atoms with Gasteiger partial charge in [-0.1, -0.05) is 64.0 Å². The topological polar surface area (TPSA) is 53.8 Å². The second-order valence-corrected chi connectivity index (χ2v) is 10.8. The summed E-state index contributed by atoms with van der Waals surface area (Å²) in [5.74, 6) is 1.19. The largest absolute Gasteiger partial charge is 0.464 e.